The summed E-state index contributed by atoms with van der Waals surface area (Å²) in [7, 11) is 0. The van der Waals surface area contributed by atoms with Crippen LogP contribution in [-0.2, 0) is 0 Å². The van der Waals surface area contributed by atoms with Crippen LogP contribution in [0.5, 0.6) is 0 Å². The summed E-state index contributed by atoms with van der Waals surface area (Å²) in [5.74, 6) is 0. The van der Waals surface area contributed by atoms with Crippen molar-refractivity contribution >= 4 is 45.7 Å². The van der Waals surface area contributed by atoms with Gasteiger partial charge in [0.25, 0.3) is 0 Å². The molecule has 0 amide bonds. The summed E-state index contributed by atoms with van der Waals surface area (Å²) in [6.07, 6.45) is 0. The van der Waals surface area contributed by atoms with Gasteiger partial charge in [0.2, 0.25) is 0 Å². The highest BCUT2D eigenvalue weighted by atomic mass is 35.5. The largest absolute Gasteiger partial charge is 0.352 e. The number of nitrogens with zero attached hydrogens (tertiary/aromatic N) is 3. The molecule has 1 heterocycles. The minimum Gasteiger partial charge on any atom is -0.352 e. The fourth-order valence-corrected chi connectivity index (χ4v) is 2.46. The summed E-state index contributed by atoms with van der Waals surface area (Å²) in [4.78, 5) is 0. The molecule has 3 rings (SSSR count). The summed E-state index contributed by atoms with van der Waals surface area (Å²) in [5.41, 5.74) is 3.76. The summed E-state index contributed by atoms with van der Waals surface area (Å²) >= 11 is 7.34. The molecule has 4 nitrogen and oxygen atoms in total. The zero-order valence-corrected chi connectivity index (χ0v) is 11.2. The fraction of sp³-hybridized carbons (Fsp3) is 0. The molecule has 1 N–H and O–H groups in total. The molecule has 1 aromatic heterocycles. The van der Waals surface area contributed by atoms with Crippen LogP contribution in [0.4, 0.5) is 11.4 Å². The lowest BCUT2D eigenvalue weighted by Gasteiger charge is -2.08. The van der Waals surface area contributed by atoms with Gasteiger partial charge in [-0.05, 0) is 36.4 Å². The summed E-state index contributed by atoms with van der Waals surface area (Å²) in [6, 6.07) is 12.9. The first-order valence-electron chi connectivity index (χ1n) is 5.46. The van der Waals surface area contributed by atoms with E-state index in [0.29, 0.717) is 10.6 Å². The number of aromatic nitrogens is 2. The van der Waals surface area contributed by atoms with Crippen molar-refractivity contribution in [3.8, 4) is 6.07 Å². The van der Waals surface area contributed by atoms with Crippen molar-refractivity contribution in [3.05, 3.63) is 47.0 Å². The number of halogens is 1. The molecule has 0 unspecified atom stereocenters. The number of fused-ring (bicyclic) bond motifs is 1. The van der Waals surface area contributed by atoms with Crippen LogP contribution >= 0.6 is 23.3 Å². The Kier molecular flexibility index (Phi) is 3.03. The van der Waals surface area contributed by atoms with Crippen molar-refractivity contribution in [2.45, 2.75) is 0 Å². The first-order chi connectivity index (χ1) is 9.28. The van der Waals surface area contributed by atoms with E-state index in [-0.39, 0.29) is 0 Å². The van der Waals surface area contributed by atoms with E-state index in [0.717, 1.165) is 34.1 Å². The zero-order valence-electron chi connectivity index (χ0n) is 9.59. The first kappa shape index (κ1) is 11.9. The Hall–Kier alpha value is -2.16. The second kappa shape index (κ2) is 4.84. The summed E-state index contributed by atoms with van der Waals surface area (Å²) in [6.45, 7) is 0. The molecule has 0 radical (unpaired) electrons. The molecule has 0 atom stereocenters. The average Bonchev–Trinajstić information content (AvgIpc) is 2.91. The van der Waals surface area contributed by atoms with Gasteiger partial charge in [0.15, 0.2) is 0 Å². The topological polar surface area (TPSA) is 61.6 Å². The molecule has 0 aliphatic heterocycles. The molecule has 92 valence electrons. The van der Waals surface area contributed by atoms with E-state index in [1.54, 1.807) is 18.2 Å². The maximum Gasteiger partial charge on any atom is 0.129 e. The van der Waals surface area contributed by atoms with Gasteiger partial charge in [-0.3, -0.25) is 0 Å². The van der Waals surface area contributed by atoms with E-state index >= 15 is 0 Å². The SMILES string of the molecule is N#Cc1ccc(Nc2c(Cl)ccc3nsnc23)cc1. The van der Waals surface area contributed by atoms with E-state index < -0.39 is 0 Å². The van der Waals surface area contributed by atoms with Gasteiger partial charge in [-0.2, -0.15) is 14.0 Å². The Morgan fingerprint density at radius 1 is 1.11 bits per heavy atom. The molecule has 0 spiro atoms. The maximum absolute atomic E-state index is 8.77. The predicted molar refractivity (Wildman–Crippen MR) is 76.9 cm³/mol. The van der Waals surface area contributed by atoms with Gasteiger partial charge in [0.1, 0.15) is 11.0 Å². The van der Waals surface area contributed by atoms with E-state index in [1.807, 2.05) is 18.2 Å². The highest BCUT2D eigenvalue weighted by Crippen LogP contribution is 2.32. The first-order valence-corrected chi connectivity index (χ1v) is 6.57. The Morgan fingerprint density at radius 2 is 1.89 bits per heavy atom. The third-order valence-electron chi connectivity index (χ3n) is 2.66. The van der Waals surface area contributed by atoms with Crippen molar-refractivity contribution in [2.75, 3.05) is 5.32 Å². The van der Waals surface area contributed by atoms with Crippen LogP contribution in [0.1, 0.15) is 5.56 Å². The second-order valence-corrected chi connectivity index (χ2v) is 4.80. The molecular weight excluding hydrogens is 280 g/mol. The number of nitriles is 1. The number of anilines is 2. The van der Waals surface area contributed by atoms with Gasteiger partial charge >= 0.3 is 0 Å². The molecule has 0 saturated carbocycles. The lowest BCUT2D eigenvalue weighted by Crippen LogP contribution is -1.92. The third kappa shape index (κ3) is 2.24. The molecule has 19 heavy (non-hydrogen) atoms. The summed E-state index contributed by atoms with van der Waals surface area (Å²) < 4.78 is 8.42. The Bertz CT molecular complexity index is 773. The molecule has 3 aromatic rings. The zero-order chi connectivity index (χ0) is 13.2. The number of nitrogens with one attached hydrogen (secondary N) is 1. The van der Waals surface area contributed by atoms with Crippen LogP contribution in [0.3, 0.4) is 0 Å². The van der Waals surface area contributed by atoms with E-state index in [1.165, 1.54) is 0 Å². The van der Waals surface area contributed by atoms with Gasteiger partial charge in [-0.1, -0.05) is 11.6 Å². The lowest BCUT2D eigenvalue weighted by molar-refractivity contribution is 1.47. The number of hydrogen-bond acceptors (Lipinski definition) is 5. The van der Waals surface area contributed by atoms with Crippen LogP contribution in [0.2, 0.25) is 5.02 Å². The van der Waals surface area contributed by atoms with Crippen molar-refractivity contribution in [1.82, 2.24) is 8.75 Å². The number of rotatable bonds is 2. The second-order valence-electron chi connectivity index (χ2n) is 3.87. The van der Waals surface area contributed by atoms with Crippen molar-refractivity contribution in [3.63, 3.8) is 0 Å². The fourth-order valence-electron chi connectivity index (χ4n) is 1.72. The van der Waals surface area contributed by atoms with E-state index in [4.69, 9.17) is 16.9 Å². The highest BCUT2D eigenvalue weighted by Gasteiger charge is 2.10. The Labute approximate surface area is 118 Å². The van der Waals surface area contributed by atoms with Crippen LogP contribution in [0.25, 0.3) is 11.0 Å². The van der Waals surface area contributed by atoms with Crippen molar-refractivity contribution < 1.29 is 0 Å². The number of benzene rings is 2. The van der Waals surface area contributed by atoms with Gasteiger partial charge < -0.3 is 5.32 Å². The average molecular weight is 287 g/mol. The molecular formula is C13H7ClN4S. The smallest absolute Gasteiger partial charge is 0.129 e. The summed E-state index contributed by atoms with van der Waals surface area (Å²) in [5, 5.41) is 12.6. The van der Waals surface area contributed by atoms with Crippen LogP contribution in [0.15, 0.2) is 36.4 Å². The van der Waals surface area contributed by atoms with Gasteiger partial charge in [0, 0.05) is 5.69 Å². The van der Waals surface area contributed by atoms with Gasteiger partial charge in [-0.25, -0.2) is 0 Å². The molecule has 0 saturated heterocycles. The predicted octanol–water partition coefficient (Wildman–Crippen LogP) is 3.96. The third-order valence-corrected chi connectivity index (χ3v) is 3.52. The molecule has 0 aliphatic rings. The standard InChI is InChI=1S/C13H7ClN4S/c14-10-5-6-11-13(18-19-17-11)12(10)16-9-3-1-8(7-15)2-4-9/h1-6,16H. The Morgan fingerprint density at radius 3 is 2.63 bits per heavy atom. The van der Waals surface area contributed by atoms with E-state index in [2.05, 4.69) is 20.1 Å². The van der Waals surface area contributed by atoms with Crippen molar-refractivity contribution in [2.24, 2.45) is 0 Å². The number of hydrogen-bond donors (Lipinski definition) is 1. The lowest BCUT2D eigenvalue weighted by atomic mass is 10.2. The molecule has 2 aromatic carbocycles. The molecule has 0 bridgehead atoms. The normalized spacial score (nSPS) is 10.3. The minimum atomic E-state index is 0.588. The highest BCUT2D eigenvalue weighted by molar-refractivity contribution is 7.00. The van der Waals surface area contributed by atoms with Crippen LogP contribution < -0.4 is 5.32 Å². The van der Waals surface area contributed by atoms with Gasteiger partial charge in [-0.15, -0.1) is 0 Å². The molecule has 0 fully saturated rings. The maximum atomic E-state index is 8.77. The monoisotopic (exact) mass is 286 g/mol. The van der Waals surface area contributed by atoms with E-state index in [9.17, 15) is 0 Å². The Balaban J connectivity index is 2.02. The van der Waals surface area contributed by atoms with Gasteiger partial charge in [0.05, 0.1) is 34.1 Å². The molecule has 6 heteroatoms. The van der Waals surface area contributed by atoms with Crippen molar-refractivity contribution in [1.29, 1.82) is 5.26 Å². The quantitative estimate of drug-likeness (QED) is 0.774. The van der Waals surface area contributed by atoms with Crippen LogP contribution in [0, 0.1) is 11.3 Å². The van der Waals surface area contributed by atoms with Crippen LogP contribution in [-0.4, -0.2) is 8.75 Å². The molecule has 0 aliphatic carbocycles. The minimum absolute atomic E-state index is 0.588.